The Balaban J connectivity index is 2.37. The predicted molar refractivity (Wildman–Crippen MR) is 73.1 cm³/mol. The average Bonchev–Trinajstić information content (AvgIpc) is 2.82. The molecule has 1 aliphatic heterocycles. The summed E-state index contributed by atoms with van der Waals surface area (Å²) < 4.78 is 24.3. The molecule has 2 atom stereocenters. The first kappa shape index (κ1) is 16.4. The monoisotopic (exact) mass is 292 g/mol. The number of carbonyl (C=O) groups excluding carboxylic acids is 1. The second kappa shape index (κ2) is 7.21. The minimum Gasteiger partial charge on any atom is -0.396 e. The van der Waals surface area contributed by atoms with Crippen LogP contribution in [0.25, 0.3) is 0 Å². The van der Waals surface area contributed by atoms with Crippen molar-refractivity contribution in [2.45, 2.75) is 38.6 Å². The van der Waals surface area contributed by atoms with Gasteiger partial charge in [0.25, 0.3) is 0 Å². The van der Waals surface area contributed by atoms with Crippen molar-refractivity contribution >= 4 is 15.9 Å². The van der Waals surface area contributed by atoms with E-state index in [1.165, 1.54) is 4.31 Å². The highest BCUT2D eigenvalue weighted by Gasteiger charge is 2.36. The molecule has 6 nitrogen and oxygen atoms in total. The van der Waals surface area contributed by atoms with E-state index in [0.29, 0.717) is 19.5 Å². The molecule has 0 aliphatic carbocycles. The van der Waals surface area contributed by atoms with Gasteiger partial charge < -0.3 is 10.4 Å². The quantitative estimate of drug-likeness (QED) is 0.643. The van der Waals surface area contributed by atoms with E-state index in [4.69, 9.17) is 5.11 Å². The summed E-state index contributed by atoms with van der Waals surface area (Å²) in [6, 6.07) is -0.551. The number of hydrogen-bond donors (Lipinski definition) is 2. The van der Waals surface area contributed by atoms with Gasteiger partial charge in [-0.05, 0) is 31.6 Å². The lowest BCUT2D eigenvalue weighted by atomic mass is 10.1. The molecule has 2 N–H and O–H groups in total. The van der Waals surface area contributed by atoms with E-state index in [2.05, 4.69) is 5.32 Å². The lowest BCUT2D eigenvalue weighted by molar-refractivity contribution is -0.124. The van der Waals surface area contributed by atoms with Crippen LogP contribution < -0.4 is 5.32 Å². The molecular weight excluding hydrogens is 268 g/mol. The third kappa shape index (κ3) is 5.08. The fraction of sp³-hybridized carbons (Fsp3) is 0.917. The number of sulfonamides is 1. The number of rotatable bonds is 7. The van der Waals surface area contributed by atoms with E-state index in [1.54, 1.807) is 0 Å². The van der Waals surface area contributed by atoms with Crippen molar-refractivity contribution in [2.24, 2.45) is 5.92 Å². The van der Waals surface area contributed by atoms with Crippen LogP contribution in [-0.4, -0.2) is 55.7 Å². The highest BCUT2D eigenvalue weighted by molar-refractivity contribution is 7.88. The molecule has 1 saturated heterocycles. The van der Waals surface area contributed by atoms with Crippen LogP contribution >= 0.6 is 0 Å². The van der Waals surface area contributed by atoms with E-state index in [1.807, 2.05) is 6.92 Å². The van der Waals surface area contributed by atoms with Crippen molar-refractivity contribution in [3.8, 4) is 0 Å². The smallest absolute Gasteiger partial charge is 0.238 e. The van der Waals surface area contributed by atoms with Gasteiger partial charge in [-0.15, -0.1) is 0 Å². The Labute approximate surface area is 115 Å². The van der Waals surface area contributed by atoms with Gasteiger partial charge in [0.15, 0.2) is 0 Å². The zero-order chi connectivity index (χ0) is 14.5. The maximum atomic E-state index is 12.0. The fourth-order valence-electron chi connectivity index (χ4n) is 2.27. The first-order valence-corrected chi connectivity index (χ1v) is 8.56. The second-order valence-corrected chi connectivity index (χ2v) is 7.19. The first-order valence-electron chi connectivity index (χ1n) is 6.71. The molecule has 2 unspecified atom stereocenters. The van der Waals surface area contributed by atoms with E-state index in [0.717, 1.165) is 25.5 Å². The van der Waals surface area contributed by atoms with Crippen LogP contribution in [-0.2, 0) is 14.8 Å². The average molecular weight is 292 g/mol. The summed E-state index contributed by atoms with van der Waals surface area (Å²) in [7, 11) is -3.31. The van der Waals surface area contributed by atoms with Gasteiger partial charge in [0.1, 0.15) is 6.04 Å². The van der Waals surface area contributed by atoms with Crippen LogP contribution in [0.1, 0.15) is 32.6 Å². The maximum absolute atomic E-state index is 12.0. The minimum atomic E-state index is -3.31. The highest BCUT2D eigenvalue weighted by Crippen LogP contribution is 2.20. The Morgan fingerprint density at radius 3 is 2.79 bits per heavy atom. The van der Waals surface area contributed by atoms with Gasteiger partial charge in [-0.1, -0.05) is 6.92 Å². The summed E-state index contributed by atoms with van der Waals surface area (Å²) in [5.41, 5.74) is 0. The van der Waals surface area contributed by atoms with Crippen molar-refractivity contribution in [2.75, 3.05) is 26.0 Å². The highest BCUT2D eigenvalue weighted by atomic mass is 32.2. The molecule has 0 aromatic carbocycles. The summed E-state index contributed by atoms with van der Waals surface area (Å²) in [5.74, 6) is 0.0236. The Hall–Kier alpha value is -0.660. The van der Waals surface area contributed by atoms with Gasteiger partial charge in [0.05, 0.1) is 6.26 Å². The molecule has 0 bridgehead atoms. The fourth-order valence-corrected chi connectivity index (χ4v) is 3.39. The topological polar surface area (TPSA) is 86.7 Å². The number of aliphatic hydroxyl groups excluding tert-OH is 1. The van der Waals surface area contributed by atoms with Gasteiger partial charge >= 0.3 is 0 Å². The lowest BCUT2D eigenvalue weighted by Gasteiger charge is -2.21. The van der Waals surface area contributed by atoms with E-state index in [9.17, 15) is 13.2 Å². The molecule has 0 radical (unpaired) electrons. The zero-order valence-corrected chi connectivity index (χ0v) is 12.4. The van der Waals surface area contributed by atoms with Gasteiger partial charge in [0.2, 0.25) is 15.9 Å². The molecule has 1 heterocycles. The normalized spacial score (nSPS) is 22.4. The summed E-state index contributed by atoms with van der Waals surface area (Å²) in [6.45, 7) is 3.05. The van der Waals surface area contributed by atoms with Crippen LogP contribution in [0, 0.1) is 5.92 Å². The molecule has 7 heteroatoms. The van der Waals surface area contributed by atoms with E-state index in [-0.39, 0.29) is 18.4 Å². The largest absolute Gasteiger partial charge is 0.396 e. The second-order valence-electron chi connectivity index (χ2n) is 5.25. The summed E-state index contributed by atoms with van der Waals surface area (Å²) in [4.78, 5) is 12.0. The number of amides is 1. The van der Waals surface area contributed by atoms with Crippen molar-refractivity contribution in [3.05, 3.63) is 0 Å². The van der Waals surface area contributed by atoms with Gasteiger partial charge in [-0.3, -0.25) is 4.79 Å². The SMILES string of the molecule is CC(CO)CCCNC(=O)C1CCCN1S(C)(=O)=O. The van der Waals surface area contributed by atoms with Crippen LogP contribution in [0.5, 0.6) is 0 Å². The van der Waals surface area contributed by atoms with Gasteiger partial charge in [0, 0.05) is 19.7 Å². The summed E-state index contributed by atoms with van der Waals surface area (Å²) in [6.07, 6.45) is 4.09. The van der Waals surface area contributed by atoms with Crippen molar-refractivity contribution in [1.82, 2.24) is 9.62 Å². The standard InChI is InChI=1S/C12H24N2O4S/c1-10(9-15)5-3-7-13-12(16)11-6-4-8-14(11)19(2,17)18/h10-11,15H,3-9H2,1-2H3,(H,13,16). The van der Waals surface area contributed by atoms with Crippen LogP contribution in [0.15, 0.2) is 0 Å². The van der Waals surface area contributed by atoms with Crippen molar-refractivity contribution in [1.29, 1.82) is 0 Å². The third-order valence-corrected chi connectivity index (χ3v) is 4.71. The summed E-state index contributed by atoms with van der Waals surface area (Å²) >= 11 is 0. The van der Waals surface area contributed by atoms with Crippen LogP contribution in [0.3, 0.4) is 0 Å². The number of aliphatic hydroxyl groups is 1. The number of nitrogens with one attached hydrogen (secondary N) is 1. The van der Waals surface area contributed by atoms with Gasteiger partial charge in [-0.2, -0.15) is 4.31 Å². The lowest BCUT2D eigenvalue weighted by Crippen LogP contribution is -2.45. The molecule has 0 aromatic heterocycles. The molecule has 0 aromatic rings. The van der Waals surface area contributed by atoms with E-state index < -0.39 is 16.1 Å². The minimum absolute atomic E-state index is 0.151. The molecule has 112 valence electrons. The molecule has 0 saturated carbocycles. The molecule has 0 spiro atoms. The third-order valence-electron chi connectivity index (χ3n) is 3.42. The first-order chi connectivity index (χ1) is 8.86. The molecule has 1 aliphatic rings. The van der Waals surface area contributed by atoms with E-state index >= 15 is 0 Å². The molecule has 1 rings (SSSR count). The van der Waals surface area contributed by atoms with Gasteiger partial charge in [-0.25, -0.2) is 8.42 Å². The zero-order valence-electron chi connectivity index (χ0n) is 11.6. The van der Waals surface area contributed by atoms with Crippen molar-refractivity contribution < 1.29 is 18.3 Å². The number of carbonyl (C=O) groups is 1. The van der Waals surface area contributed by atoms with Crippen LogP contribution in [0.4, 0.5) is 0 Å². The Kier molecular flexibility index (Phi) is 6.22. The Morgan fingerprint density at radius 1 is 1.53 bits per heavy atom. The molecule has 19 heavy (non-hydrogen) atoms. The maximum Gasteiger partial charge on any atom is 0.238 e. The van der Waals surface area contributed by atoms with Crippen LogP contribution in [0.2, 0.25) is 0 Å². The van der Waals surface area contributed by atoms with Crippen molar-refractivity contribution in [3.63, 3.8) is 0 Å². The number of nitrogens with zero attached hydrogens (tertiary/aromatic N) is 1. The predicted octanol–water partition coefficient (Wildman–Crippen LogP) is -0.0648. The molecule has 1 fully saturated rings. The Morgan fingerprint density at radius 2 is 2.21 bits per heavy atom. The molecule has 1 amide bonds. The molecular formula is C12H24N2O4S. The number of hydrogen-bond acceptors (Lipinski definition) is 4. The Bertz CT molecular complexity index is 397. The summed E-state index contributed by atoms with van der Waals surface area (Å²) in [5, 5.41) is 11.7.